The minimum atomic E-state index is -0.398. The first-order valence-corrected chi connectivity index (χ1v) is 7.24. The van der Waals surface area contributed by atoms with E-state index in [4.69, 9.17) is 22.1 Å². The van der Waals surface area contributed by atoms with E-state index in [-0.39, 0.29) is 6.10 Å². The van der Waals surface area contributed by atoms with Crippen molar-refractivity contribution in [1.82, 2.24) is 0 Å². The number of rotatable bonds is 3. The van der Waals surface area contributed by atoms with Crippen molar-refractivity contribution in [3.05, 3.63) is 28.8 Å². The lowest BCUT2D eigenvalue weighted by Crippen LogP contribution is -2.26. The molecule has 4 heteroatoms. The van der Waals surface area contributed by atoms with E-state index in [9.17, 15) is 4.79 Å². The van der Waals surface area contributed by atoms with Gasteiger partial charge < -0.3 is 10.5 Å². The molecule has 2 rings (SSSR count). The summed E-state index contributed by atoms with van der Waals surface area (Å²) in [6, 6.07) is 5.05. The Balaban J connectivity index is 2.05. The zero-order chi connectivity index (χ0) is 13.8. The Hall–Kier alpha value is -1.22. The van der Waals surface area contributed by atoms with Crippen LogP contribution >= 0.6 is 11.6 Å². The third kappa shape index (κ3) is 3.41. The molecule has 104 valence electrons. The van der Waals surface area contributed by atoms with Gasteiger partial charge in [0, 0.05) is 5.69 Å². The van der Waals surface area contributed by atoms with Crippen molar-refractivity contribution in [3.63, 3.8) is 0 Å². The van der Waals surface area contributed by atoms with E-state index in [1.165, 1.54) is 6.42 Å². The average molecular weight is 282 g/mol. The number of hydrogen-bond donors (Lipinski definition) is 1. The highest BCUT2D eigenvalue weighted by Crippen LogP contribution is 2.30. The number of carbonyl (C=O) groups excluding carboxylic acids is 1. The highest BCUT2D eigenvalue weighted by atomic mass is 35.5. The van der Waals surface area contributed by atoms with Crippen LogP contribution in [0, 0.1) is 5.92 Å². The molecule has 2 unspecified atom stereocenters. The average Bonchev–Trinajstić information content (AvgIpc) is 2.38. The molecule has 1 aromatic carbocycles. The first-order valence-electron chi connectivity index (χ1n) is 6.86. The fraction of sp³-hybridized carbons (Fsp3) is 0.533. The molecule has 0 radical (unpaired) electrons. The molecule has 0 aliphatic heterocycles. The normalized spacial score (nSPS) is 23.1. The molecule has 19 heavy (non-hydrogen) atoms. The van der Waals surface area contributed by atoms with Gasteiger partial charge in [-0.25, -0.2) is 4.79 Å². The van der Waals surface area contributed by atoms with Crippen molar-refractivity contribution in [2.45, 2.75) is 45.1 Å². The van der Waals surface area contributed by atoms with Gasteiger partial charge in [0.05, 0.1) is 5.02 Å². The van der Waals surface area contributed by atoms with Gasteiger partial charge in [-0.2, -0.15) is 0 Å². The van der Waals surface area contributed by atoms with Gasteiger partial charge in [-0.1, -0.05) is 37.4 Å². The second kappa shape index (κ2) is 6.29. The molecule has 1 aliphatic rings. The highest BCUT2D eigenvalue weighted by molar-refractivity contribution is 6.34. The number of carbonyl (C=O) groups is 1. The Labute approximate surface area is 119 Å². The molecule has 1 aromatic rings. The molecule has 0 spiro atoms. The summed E-state index contributed by atoms with van der Waals surface area (Å²) in [6.45, 7) is 2.18. The van der Waals surface area contributed by atoms with E-state index in [0.29, 0.717) is 22.2 Å². The van der Waals surface area contributed by atoms with Crippen molar-refractivity contribution in [2.75, 3.05) is 5.73 Å². The molecule has 0 aromatic heterocycles. The van der Waals surface area contributed by atoms with E-state index >= 15 is 0 Å². The fourth-order valence-corrected chi connectivity index (χ4v) is 2.94. The van der Waals surface area contributed by atoms with E-state index in [1.54, 1.807) is 18.2 Å². The molecule has 1 fully saturated rings. The molecule has 0 saturated heterocycles. The lowest BCUT2D eigenvalue weighted by atomic mass is 9.85. The van der Waals surface area contributed by atoms with Crippen LogP contribution in [0.3, 0.4) is 0 Å². The Morgan fingerprint density at radius 2 is 2.26 bits per heavy atom. The van der Waals surface area contributed by atoms with Crippen LogP contribution in [0.1, 0.15) is 49.4 Å². The monoisotopic (exact) mass is 281 g/mol. The molecule has 3 nitrogen and oxygen atoms in total. The summed E-state index contributed by atoms with van der Waals surface area (Å²) in [5, 5.41) is 0.354. The van der Waals surface area contributed by atoms with Gasteiger partial charge in [-0.3, -0.25) is 0 Å². The SMILES string of the molecule is CCC1CCCC(OC(=O)c2c(N)cccc2Cl)C1. The van der Waals surface area contributed by atoms with E-state index in [1.807, 2.05) is 0 Å². The van der Waals surface area contributed by atoms with Crippen LogP contribution in [0.25, 0.3) is 0 Å². The van der Waals surface area contributed by atoms with E-state index in [0.717, 1.165) is 25.7 Å². The summed E-state index contributed by atoms with van der Waals surface area (Å²) in [5.74, 6) is 0.264. The van der Waals surface area contributed by atoms with Crippen molar-refractivity contribution < 1.29 is 9.53 Å². The van der Waals surface area contributed by atoms with Crippen molar-refractivity contribution >= 4 is 23.3 Å². The molecule has 2 N–H and O–H groups in total. The number of anilines is 1. The third-order valence-electron chi connectivity index (χ3n) is 3.84. The number of nitrogen functional groups attached to an aromatic ring is 1. The molecule has 2 atom stereocenters. The number of halogens is 1. The van der Waals surface area contributed by atoms with Crippen LogP contribution in [0.5, 0.6) is 0 Å². The number of nitrogens with two attached hydrogens (primary N) is 1. The number of benzene rings is 1. The topological polar surface area (TPSA) is 52.3 Å². The molecule has 1 saturated carbocycles. The fourth-order valence-electron chi connectivity index (χ4n) is 2.69. The Morgan fingerprint density at radius 1 is 1.47 bits per heavy atom. The van der Waals surface area contributed by atoms with E-state index < -0.39 is 5.97 Å². The molecule has 1 aliphatic carbocycles. The van der Waals surface area contributed by atoms with Crippen molar-refractivity contribution in [1.29, 1.82) is 0 Å². The molecule has 0 amide bonds. The first kappa shape index (κ1) is 14.2. The zero-order valence-electron chi connectivity index (χ0n) is 11.2. The second-order valence-electron chi connectivity index (χ2n) is 5.17. The van der Waals surface area contributed by atoms with Crippen LogP contribution < -0.4 is 5.73 Å². The van der Waals surface area contributed by atoms with Gasteiger partial charge in [-0.05, 0) is 37.3 Å². The Morgan fingerprint density at radius 3 is 2.95 bits per heavy atom. The van der Waals surface area contributed by atoms with Gasteiger partial charge >= 0.3 is 5.97 Å². The van der Waals surface area contributed by atoms with Crippen LogP contribution in [0.4, 0.5) is 5.69 Å². The second-order valence-corrected chi connectivity index (χ2v) is 5.58. The third-order valence-corrected chi connectivity index (χ3v) is 4.15. The largest absolute Gasteiger partial charge is 0.459 e. The quantitative estimate of drug-likeness (QED) is 0.672. The summed E-state index contributed by atoms with van der Waals surface area (Å²) < 4.78 is 5.57. The summed E-state index contributed by atoms with van der Waals surface area (Å²) in [6.07, 6.45) is 5.39. The standard InChI is InChI=1S/C15H20ClNO2/c1-2-10-5-3-6-11(9-10)19-15(18)14-12(16)7-4-8-13(14)17/h4,7-8,10-11H,2-3,5-6,9,17H2,1H3. The minimum absolute atomic E-state index is 0.00173. The van der Waals surface area contributed by atoms with E-state index in [2.05, 4.69) is 6.92 Å². The highest BCUT2D eigenvalue weighted by Gasteiger charge is 2.25. The predicted molar refractivity (Wildman–Crippen MR) is 77.3 cm³/mol. The smallest absolute Gasteiger partial charge is 0.342 e. The Kier molecular flexibility index (Phi) is 4.70. The maximum absolute atomic E-state index is 12.2. The van der Waals surface area contributed by atoms with Crippen LogP contribution in [-0.4, -0.2) is 12.1 Å². The maximum Gasteiger partial charge on any atom is 0.342 e. The number of ether oxygens (including phenoxy) is 1. The van der Waals surface area contributed by atoms with Gasteiger partial charge in [0.15, 0.2) is 0 Å². The number of esters is 1. The molecular formula is C15H20ClNO2. The van der Waals surface area contributed by atoms with Crippen LogP contribution in [0.2, 0.25) is 5.02 Å². The van der Waals surface area contributed by atoms with Crippen LogP contribution in [0.15, 0.2) is 18.2 Å². The van der Waals surface area contributed by atoms with Crippen LogP contribution in [-0.2, 0) is 4.74 Å². The first-order chi connectivity index (χ1) is 9.11. The maximum atomic E-state index is 12.2. The van der Waals surface area contributed by atoms with Gasteiger partial charge in [0.2, 0.25) is 0 Å². The number of hydrogen-bond acceptors (Lipinski definition) is 3. The summed E-state index contributed by atoms with van der Waals surface area (Å²) >= 11 is 6.02. The Bertz CT molecular complexity index is 441. The minimum Gasteiger partial charge on any atom is -0.459 e. The predicted octanol–water partition coefficient (Wildman–Crippen LogP) is 4.05. The van der Waals surface area contributed by atoms with Gasteiger partial charge in [0.1, 0.15) is 11.7 Å². The lowest BCUT2D eigenvalue weighted by molar-refractivity contribution is 0.0141. The van der Waals surface area contributed by atoms with Gasteiger partial charge in [-0.15, -0.1) is 0 Å². The summed E-state index contributed by atoms with van der Waals surface area (Å²) in [4.78, 5) is 12.2. The van der Waals surface area contributed by atoms with Crippen molar-refractivity contribution in [3.8, 4) is 0 Å². The van der Waals surface area contributed by atoms with Crippen molar-refractivity contribution in [2.24, 2.45) is 5.92 Å². The lowest BCUT2D eigenvalue weighted by Gasteiger charge is -2.28. The summed E-state index contributed by atoms with van der Waals surface area (Å²) in [5.41, 5.74) is 6.47. The zero-order valence-corrected chi connectivity index (χ0v) is 12.0. The molecular weight excluding hydrogens is 262 g/mol. The summed E-state index contributed by atoms with van der Waals surface area (Å²) in [7, 11) is 0. The molecule has 0 bridgehead atoms. The van der Waals surface area contributed by atoms with Gasteiger partial charge in [0.25, 0.3) is 0 Å². The molecule has 0 heterocycles.